The fourth-order valence-corrected chi connectivity index (χ4v) is 1.43. The van der Waals surface area contributed by atoms with Crippen LogP contribution in [0, 0.1) is 0 Å². The Bertz CT molecular complexity index is 531. The number of aliphatic carboxylic acids is 1. The summed E-state index contributed by atoms with van der Waals surface area (Å²) in [6.07, 6.45) is 1.61. The molecule has 2 rings (SSSR count). The molecule has 5 heteroatoms. The summed E-state index contributed by atoms with van der Waals surface area (Å²) in [6.45, 7) is 3.24. The minimum Gasteiger partial charge on any atom is -0.480 e. The Balaban J connectivity index is 2.30. The number of H-pyrrole nitrogens is 1. The highest BCUT2D eigenvalue weighted by atomic mass is 16.4. The summed E-state index contributed by atoms with van der Waals surface area (Å²) >= 11 is 0. The summed E-state index contributed by atoms with van der Waals surface area (Å²) in [6, 6.07) is 5.49. The van der Waals surface area contributed by atoms with Gasteiger partial charge in [-0.15, -0.1) is 0 Å². The lowest BCUT2D eigenvalue weighted by atomic mass is 10.1. The summed E-state index contributed by atoms with van der Waals surface area (Å²) in [5, 5.41) is 11.9. The van der Waals surface area contributed by atoms with Crippen LogP contribution in [0.4, 0.5) is 5.69 Å². The molecule has 3 N–H and O–H groups in total. The zero-order chi connectivity index (χ0) is 11.8. The van der Waals surface area contributed by atoms with Gasteiger partial charge in [0.15, 0.2) is 0 Å². The lowest BCUT2D eigenvalue weighted by Crippen LogP contribution is -2.39. The summed E-state index contributed by atoms with van der Waals surface area (Å²) in [4.78, 5) is 18.0. The molecule has 1 aromatic carbocycles. The van der Waals surface area contributed by atoms with Gasteiger partial charge in [-0.3, -0.25) is 0 Å². The number of nitrogens with one attached hydrogen (secondary N) is 2. The SMILES string of the molecule is CC(C)(Nc1ccc2nc[nH]c2c1)C(=O)O. The van der Waals surface area contributed by atoms with Crippen molar-refractivity contribution in [3.63, 3.8) is 0 Å². The zero-order valence-corrected chi connectivity index (χ0v) is 9.11. The van der Waals surface area contributed by atoms with Crippen LogP contribution in [-0.4, -0.2) is 26.6 Å². The Morgan fingerprint density at radius 3 is 2.94 bits per heavy atom. The molecule has 84 valence electrons. The number of carboxylic acid groups (broad SMARTS) is 1. The fourth-order valence-electron chi connectivity index (χ4n) is 1.43. The monoisotopic (exact) mass is 219 g/mol. The van der Waals surface area contributed by atoms with Gasteiger partial charge in [0.1, 0.15) is 5.54 Å². The number of nitrogens with zero attached hydrogens (tertiary/aromatic N) is 1. The number of aromatic nitrogens is 2. The minimum atomic E-state index is -0.992. The molecule has 0 unspecified atom stereocenters. The molecule has 0 amide bonds. The maximum Gasteiger partial charge on any atom is 0.328 e. The first-order valence-corrected chi connectivity index (χ1v) is 4.94. The van der Waals surface area contributed by atoms with Crippen LogP contribution in [0.1, 0.15) is 13.8 Å². The predicted octanol–water partition coefficient (Wildman–Crippen LogP) is 1.84. The number of rotatable bonds is 3. The van der Waals surface area contributed by atoms with E-state index in [0.29, 0.717) is 0 Å². The molecule has 16 heavy (non-hydrogen) atoms. The van der Waals surface area contributed by atoms with Gasteiger partial charge >= 0.3 is 5.97 Å². The van der Waals surface area contributed by atoms with E-state index in [1.54, 1.807) is 20.2 Å². The van der Waals surface area contributed by atoms with Crippen LogP contribution in [0.15, 0.2) is 24.5 Å². The van der Waals surface area contributed by atoms with E-state index in [-0.39, 0.29) is 0 Å². The maximum absolute atomic E-state index is 11.0. The van der Waals surface area contributed by atoms with E-state index in [4.69, 9.17) is 5.11 Å². The topological polar surface area (TPSA) is 78.0 Å². The summed E-state index contributed by atoms with van der Waals surface area (Å²) in [5.41, 5.74) is 1.50. The van der Waals surface area contributed by atoms with Gasteiger partial charge in [-0.05, 0) is 32.0 Å². The van der Waals surface area contributed by atoms with Crippen LogP contribution in [0.5, 0.6) is 0 Å². The van der Waals surface area contributed by atoms with Crippen molar-refractivity contribution >= 4 is 22.7 Å². The molecule has 5 nitrogen and oxygen atoms in total. The van der Waals surface area contributed by atoms with Crippen molar-refractivity contribution in [3.8, 4) is 0 Å². The second kappa shape index (κ2) is 3.52. The van der Waals surface area contributed by atoms with Crippen LogP contribution in [0.2, 0.25) is 0 Å². The number of fused-ring (bicyclic) bond motifs is 1. The molecule has 0 fully saturated rings. The van der Waals surface area contributed by atoms with Gasteiger partial charge < -0.3 is 15.4 Å². The van der Waals surface area contributed by atoms with Crippen molar-refractivity contribution in [2.45, 2.75) is 19.4 Å². The van der Waals surface area contributed by atoms with Crippen molar-refractivity contribution in [2.75, 3.05) is 5.32 Å². The van der Waals surface area contributed by atoms with Gasteiger partial charge in [0.25, 0.3) is 0 Å². The predicted molar refractivity (Wildman–Crippen MR) is 61.4 cm³/mol. The number of benzene rings is 1. The number of hydrogen-bond acceptors (Lipinski definition) is 3. The first kappa shape index (κ1) is 10.5. The number of carboxylic acids is 1. The van der Waals surface area contributed by atoms with Gasteiger partial charge in [0, 0.05) is 5.69 Å². The molecular weight excluding hydrogens is 206 g/mol. The highest BCUT2D eigenvalue weighted by molar-refractivity contribution is 5.84. The standard InChI is InChI=1S/C11H13N3O2/c1-11(2,10(15)16)14-7-3-4-8-9(5-7)13-6-12-8/h3-6,14H,1-2H3,(H,12,13)(H,15,16). The van der Waals surface area contributed by atoms with Gasteiger partial charge in [-0.1, -0.05) is 0 Å². The molecule has 0 saturated heterocycles. The third-order valence-electron chi connectivity index (χ3n) is 2.41. The molecule has 2 aromatic rings. The second-order valence-corrected chi connectivity index (χ2v) is 4.19. The molecule has 0 atom stereocenters. The Morgan fingerprint density at radius 1 is 1.50 bits per heavy atom. The molecule has 0 aliphatic heterocycles. The highest BCUT2D eigenvalue weighted by Crippen LogP contribution is 2.19. The fraction of sp³-hybridized carbons (Fsp3) is 0.273. The van der Waals surface area contributed by atoms with Crippen LogP contribution < -0.4 is 5.32 Å². The molecule has 1 aromatic heterocycles. The Labute approximate surface area is 92.5 Å². The van der Waals surface area contributed by atoms with Crippen LogP contribution in [0.3, 0.4) is 0 Å². The number of aromatic amines is 1. The first-order chi connectivity index (χ1) is 7.49. The summed E-state index contributed by atoms with van der Waals surface area (Å²) in [7, 11) is 0. The second-order valence-electron chi connectivity index (χ2n) is 4.19. The number of carbonyl (C=O) groups is 1. The Hall–Kier alpha value is -2.04. The third kappa shape index (κ3) is 1.84. The van der Waals surface area contributed by atoms with Crippen molar-refractivity contribution < 1.29 is 9.90 Å². The molecule has 1 heterocycles. The number of anilines is 1. The lowest BCUT2D eigenvalue weighted by Gasteiger charge is -2.22. The highest BCUT2D eigenvalue weighted by Gasteiger charge is 2.26. The van der Waals surface area contributed by atoms with Crippen LogP contribution in [0.25, 0.3) is 11.0 Å². The molecule has 0 bridgehead atoms. The van der Waals surface area contributed by atoms with Crippen molar-refractivity contribution in [1.29, 1.82) is 0 Å². The normalized spacial score (nSPS) is 11.6. The third-order valence-corrected chi connectivity index (χ3v) is 2.41. The Kier molecular flexibility index (Phi) is 2.30. The average Bonchev–Trinajstić information content (AvgIpc) is 2.63. The number of imidazole rings is 1. The van der Waals surface area contributed by atoms with Crippen LogP contribution >= 0.6 is 0 Å². The van der Waals surface area contributed by atoms with E-state index in [1.807, 2.05) is 18.2 Å². The van der Waals surface area contributed by atoms with Crippen LogP contribution in [-0.2, 0) is 4.79 Å². The van der Waals surface area contributed by atoms with Gasteiger partial charge in [-0.25, -0.2) is 9.78 Å². The summed E-state index contributed by atoms with van der Waals surface area (Å²) < 4.78 is 0. The first-order valence-electron chi connectivity index (χ1n) is 4.94. The van der Waals surface area contributed by atoms with E-state index < -0.39 is 11.5 Å². The van der Waals surface area contributed by atoms with E-state index in [0.717, 1.165) is 16.7 Å². The van der Waals surface area contributed by atoms with Crippen molar-refractivity contribution in [2.24, 2.45) is 0 Å². The molecule has 0 aliphatic rings. The van der Waals surface area contributed by atoms with E-state index in [2.05, 4.69) is 15.3 Å². The van der Waals surface area contributed by atoms with Crippen molar-refractivity contribution in [1.82, 2.24) is 9.97 Å². The van der Waals surface area contributed by atoms with E-state index in [9.17, 15) is 4.79 Å². The molecule has 0 saturated carbocycles. The van der Waals surface area contributed by atoms with Gasteiger partial charge in [0.2, 0.25) is 0 Å². The summed E-state index contributed by atoms with van der Waals surface area (Å²) in [5.74, 6) is -0.891. The average molecular weight is 219 g/mol. The zero-order valence-electron chi connectivity index (χ0n) is 9.11. The lowest BCUT2D eigenvalue weighted by molar-refractivity contribution is -0.141. The maximum atomic E-state index is 11.0. The minimum absolute atomic E-state index is 0.754. The number of hydrogen-bond donors (Lipinski definition) is 3. The molecular formula is C11H13N3O2. The largest absolute Gasteiger partial charge is 0.480 e. The van der Waals surface area contributed by atoms with Crippen molar-refractivity contribution in [3.05, 3.63) is 24.5 Å². The molecule has 0 aliphatic carbocycles. The van der Waals surface area contributed by atoms with Gasteiger partial charge in [0.05, 0.1) is 17.4 Å². The van der Waals surface area contributed by atoms with E-state index >= 15 is 0 Å². The molecule has 0 spiro atoms. The molecule has 0 radical (unpaired) electrons. The Morgan fingerprint density at radius 2 is 2.25 bits per heavy atom. The quantitative estimate of drug-likeness (QED) is 0.736. The van der Waals surface area contributed by atoms with E-state index in [1.165, 1.54) is 0 Å². The van der Waals surface area contributed by atoms with Gasteiger partial charge in [-0.2, -0.15) is 0 Å². The smallest absolute Gasteiger partial charge is 0.328 e.